The first-order valence-electron chi connectivity index (χ1n) is 8.71. The van der Waals surface area contributed by atoms with Crippen molar-refractivity contribution in [2.24, 2.45) is 0 Å². The van der Waals surface area contributed by atoms with E-state index in [0.29, 0.717) is 57.3 Å². The summed E-state index contributed by atoms with van der Waals surface area (Å²) in [4.78, 5) is 28.0. The number of hydrogen-bond donors (Lipinski definition) is 0. The standard InChI is InChI=1S/C17H23FN4O4/c1-12-11-20(3-4-21(12)13(2)23)16-10-15(19-5-7-26-8-6-19)14(18)9-17(16)22(24)25/h9-10,12H,3-8,11H2,1-2H3/t12-/m0/s1. The van der Waals surface area contributed by atoms with Crippen LogP contribution in [0, 0.1) is 15.9 Å². The topological polar surface area (TPSA) is 79.2 Å². The van der Waals surface area contributed by atoms with Crippen LogP contribution >= 0.6 is 0 Å². The Kier molecular flexibility index (Phi) is 5.26. The van der Waals surface area contributed by atoms with Crippen molar-refractivity contribution in [3.63, 3.8) is 0 Å². The van der Waals surface area contributed by atoms with Crippen LogP contribution < -0.4 is 9.80 Å². The highest BCUT2D eigenvalue weighted by atomic mass is 19.1. The zero-order chi connectivity index (χ0) is 18.8. The number of nitro groups is 1. The Labute approximate surface area is 151 Å². The van der Waals surface area contributed by atoms with Gasteiger partial charge in [0.05, 0.1) is 29.9 Å². The third-order valence-electron chi connectivity index (χ3n) is 4.97. The van der Waals surface area contributed by atoms with Gasteiger partial charge in [-0.1, -0.05) is 0 Å². The van der Waals surface area contributed by atoms with Crippen LogP contribution in [-0.2, 0) is 9.53 Å². The highest BCUT2D eigenvalue weighted by molar-refractivity contribution is 5.75. The largest absolute Gasteiger partial charge is 0.378 e. The minimum absolute atomic E-state index is 0.0141. The van der Waals surface area contributed by atoms with Gasteiger partial charge in [0, 0.05) is 45.7 Å². The molecule has 2 saturated heterocycles. The SMILES string of the molecule is CC(=O)N1CCN(c2cc(N3CCOCC3)c(F)cc2[N+](=O)[O-])C[C@@H]1C. The molecule has 1 amide bonds. The maximum absolute atomic E-state index is 14.5. The number of benzene rings is 1. The van der Waals surface area contributed by atoms with Crippen LogP contribution in [0.4, 0.5) is 21.5 Å². The van der Waals surface area contributed by atoms with E-state index in [4.69, 9.17) is 4.74 Å². The quantitative estimate of drug-likeness (QED) is 0.598. The molecular formula is C17H23FN4O4. The maximum atomic E-state index is 14.5. The van der Waals surface area contributed by atoms with Crippen molar-refractivity contribution < 1.29 is 18.8 Å². The summed E-state index contributed by atoms with van der Waals surface area (Å²) in [6.45, 7) is 6.94. The van der Waals surface area contributed by atoms with E-state index < -0.39 is 10.7 Å². The zero-order valence-corrected chi connectivity index (χ0v) is 15.0. The lowest BCUT2D eigenvalue weighted by Gasteiger charge is -2.40. The number of morpholine rings is 1. The van der Waals surface area contributed by atoms with E-state index in [1.165, 1.54) is 6.92 Å². The Bertz CT molecular complexity index is 708. The second kappa shape index (κ2) is 7.45. The van der Waals surface area contributed by atoms with E-state index in [-0.39, 0.29) is 17.6 Å². The summed E-state index contributed by atoms with van der Waals surface area (Å²) in [5.74, 6) is -0.613. The predicted molar refractivity (Wildman–Crippen MR) is 95.1 cm³/mol. The fourth-order valence-electron chi connectivity index (χ4n) is 3.63. The van der Waals surface area contributed by atoms with Gasteiger partial charge in [0.1, 0.15) is 5.69 Å². The molecule has 1 aromatic rings. The average Bonchev–Trinajstić information content (AvgIpc) is 2.61. The van der Waals surface area contributed by atoms with E-state index in [9.17, 15) is 19.3 Å². The molecule has 0 unspecified atom stereocenters. The second-order valence-corrected chi connectivity index (χ2v) is 6.66. The van der Waals surface area contributed by atoms with Crippen LogP contribution in [0.3, 0.4) is 0 Å². The summed E-state index contributed by atoms with van der Waals surface area (Å²) in [5.41, 5.74) is 0.506. The normalized spacial score (nSPS) is 21.0. The number of anilines is 2. The Balaban J connectivity index is 1.94. The fourth-order valence-corrected chi connectivity index (χ4v) is 3.63. The number of amides is 1. The average molecular weight is 366 g/mol. The molecule has 8 nitrogen and oxygen atoms in total. The Morgan fingerprint density at radius 2 is 1.88 bits per heavy atom. The van der Waals surface area contributed by atoms with Crippen molar-refractivity contribution in [2.45, 2.75) is 19.9 Å². The van der Waals surface area contributed by atoms with E-state index in [1.807, 2.05) is 16.7 Å². The van der Waals surface area contributed by atoms with Gasteiger partial charge in [0.15, 0.2) is 5.82 Å². The van der Waals surface area contributed by atoms with Crippen molar-refractivity contribution in [3.8, 4) is 0 Å². The lowest BCUT2D eigenvalue weighted by molar-refractivity contribution is -0.384. The van der Waals surface area contributed by atoms with Crippen LogP contribution in [0.15, 0.2) is 12.1 Å². The predicted octanol–water partition coefficient (Wildman–Crippen LogP) is 1.63. The molecule has 2 aliphatic heterocycles. The Morgan fingerprint density at radius 3 is 2.46 bits per heavy atom. The molecule has 1 aromatic carbocycles. The molecule has 26 heavy (non-hydrogen) atoms. The summed E-state index contributed by atoms with van der Waals surface area (Å²) >= 11 is 0. The zero-order valence-electron chi connectivity index (χ0n) is 15.0. The highest BCUT2D eigenvalue weighted by Gasteiger charge is 2.31. The number of carbonyl (C=O) groups is 1. The molecule has 9 heteroatoms. The number of halogens is 1. The van der Waals surface area contributed by atoms with Crippen LogP contribution in [0.2, 0.25) is 0 Å². The minimum Gasteiger partial charge on any atom is -0.378 e. The first-order valence-corrected chi connectivity index (χ1v) is 8.71. The number of ether oxygens (including phenoxy) is 1. The summed E-state index contributed by atoms with van der Waals surface area (Å²) in [6, 6.07) is 2.50. The first-order chi connectivity index (χ1) is 12.4. The van der Waals surface area contributed by atoms with Crippen molar-refractivity contribution in [1.82, 2.24) is 4.90 Å². The smallest absolute Gasteiger partial charge is 0.295 e. The molecule has 0 saturated carbocycles. The molecule has 0 bridgehead atoms. The lowest BCUT2D eigenvalue weighted by atomic mass is 10.1. The van der Waals surface area contributed by atoms with Gasteiger partial charge in [0.2, 0.25) is 5.91 Å². The van der Waals surface area contributed by atoms with Gasteiger partial charge >= 0.3 is 0 Å². The molecule has 0 aromatic heterocycles. The summed E-state index contributed by atoms with van der Waals surface area (Å²) in [7, 11) is 0. The molecule has 0 N–H and O–H groups in total. The molecule has 2 aliphatic rings. The van der Waals surface area contributed by atoms with E-state index in [2.05, 4.69) is 0 Å². The summed E-state index contributed by atoms with van der Waals surface area (Å²) < 4.78 is 19.8. The molecule has 0 spiro atoms. The van der Waals surface area contributed by atoms with Crippen LogP contribution in [0.5, 0.6) is 0 Å². The summed E-state index contributed by atoms with van der Waals surface area (Å²) in [5, 5.41) is 11.5. The molecule has 0 radical (unpaired) electrons. The molecular weight excluding hydrogens is 343 g/mol. The first kappa shape index (κ1) is 18.4. The second-order valence-electron chi connectivity index (χ2n) is 6.66. The van der Waals surface area contributed by atoms with Crippen LogP contribution in [0.25, 0.3) is 0 Å². The van der Waals surface area contributed by atoms with Gasteiger partial charge < -0.3 is 19.4 Å². The number of nitro benzene ring substituents is 1. The summed E-state index contributed by atoms with van der Waals surface area (Å²) in [6.07, 6.45) is 0. The van der Waals surface area contributed by atoms with E-state index >= 15 is 0 Å². The molecule has 2 heterocycles. The maximum Gasteiger partial charge on any atom is 0.295 e. The van der Waals surface area contributed by atoms with Gasteiger partial charge in [-0.25, -0.2) is 4.39 Å². The number of nitrogens with zero attached hydrogens (tertiary/aromatic N) is 4. The van der Waals surface area contributed by atoms with Crippen molar-refractivity contribution >= 4 is 23.0 Å². The highest BCUT2D eigenvalue weighted by Crippen LogP contribution is 2.36. The van der Waals surface area contributed by atoms with Gasteiger partial charge in [-0.3, -0.25) is 14.9 Å². The molecule has 0 aliphatic carbocycles. The molecule has 142 valence electrons. The van der Waals surface area contributed by atoms with Crippen molar-refractivity contribution in [2.75, 3.05) is 55.7 Å². The molecule has 2 fully saturated rings. The fraction of sp³-hybridized carbons (Fsp3) is 0.588. The Hall–Kier alpha value is -2.42. The number of hydrogen-bond acceptors (Lipinski definition) is 6. The minimum atomic E-state index is -0.599. The molecule has 1 atom stereocenters. The van der Waals surface area contributed by atoms with Gasteiger partial charge in [-0.2, -0.15) is 0 Å². The van der Waals surface area contributed by atoms with E-state index in [1.54, 1.807) is 11.0 Å². The number of carbonyl (C=O) groups excluding carboxylic acids is 1. The third kappa shape index (κ3) is 3.57. The number of piperazine rings is 1. The third-order valence-corrected chi connectivity index (χ3v) is 4.97. The number of rotatable bonds is 3. The van der Waals surface area contributed by atoms with E-state index in [0.717, 1.165) is 6.07 Å². The van der Waals surface area contributed by atoms with Crippen molar-refractivity contribution in [3.05, 3.63) is 28.1 Å². The van der Waals surface area contributed by atoms with Crippen LogP contribution in [-0.4, -0.2) is 67.7 Å². The molecule has 3 rings (SSSR count). The lowest BCUT2D eigenvalue weighted by Crippen LogP contribution is -2.53. The van der Waals surface area contributed by atoms with Gasteiger partial charge in [0.25, 0.3) is 5.69 Å². The van der Waals surface area contributed by atoms with Crippen LogP contribution in [0.1, 0.15) is 13.8 Å². The van der Waals surface area contributed by atoms with Crippen molar-refractivity contribution in [1.29, 1.82) is 0 Å². The van der Waals surface area contributed by atoms with Gasteiger partial charge in [-0.05, 0) is 13.0 Å². The van der Waals surface area contributed by atoms with Gasteiger partial charge in [-0.15, -0.1) is 0 Å². The monoisotopic (exact) mass is 366 g/mol. The Morgan fingerprint density at radius 1 is 1.19 bits per heavy atom.